The third kappa shape index (κ3) is 3.15. The molecule has 2 aliphatic heterocycles. The van der Waals surface area contributed by atoms with Crippen molar-refractivity contribution in [3.63, 3.8) is 0 Å². The van der Waals surface area contributed by atoms with E-state index < -0.39 is 0 Å². The Morgan fingerprint density at radius 2 is 2.00 bits per heavy atom. The van der Waals surface area contributed by atoms with Gasteiger partial charge in [-0.1, -0.05) is 30.3 Å². The molecule has 0 radical (unpaired) electrons. The molecule has 1 aromatic rings. The molecular formula is C19H28N4O. The first-order chi connectivity index (χ1) is 11.7. The van der Waals surface area contributed by atoms with Gasteiger partial charge in [-0.2, -0.15) is 0 Å². The summed E-state index contributed by atoms with van der Waals surface area (Å²) in [7, 11) is 2.15. The predicted octanol–water partition coefficient (Wildman–Crippen LogP) is 1.65. The van der Waals surface area contributed by atoms with Crippen molar-refractivity contribution in [2.75, 3.05) is 33.2 Å². The summed E-state index contributed by atoms with van der Waals surface area (Å²) in [5, 5.41) is 6.68. The number of benzene rings is 1. The number of rotatable bonds is 4. The van der Waals surface area contributed by atoms with Crippen LogP contribution in [-0.2, 0) is 6.54 Å². The van der Waals surface area contributed by atoms with Crippen molar-refractivity contribution in [3.8, 4) is 0 Å². The van der Waals surface area contributed by atoms with Crippen LogP contribution in [0.5, 0.6) is 0 Å². The molecule has 1 atom stereocenters. The van der Waals surface area contributed by atoms with Crippen molar-refractivity contribution < 1.29 is 4.79 Å². The minimum absolute atomic E-state index is 0.139. The standard InChI is InChI=1S/C19H28N4O/c1-22(12-15-5-3-2-4-6-15)16-13-23(14-16)18(24)21-17-11-19(17)7-9-20-10-8-19/h2-6,16-17,20H,7-14H2,1H3,(H,21,24). The summed E-state index contributed by atoms with van der Waals surface area (Å²) in [6, 6.07) is 11.5. The van der Waals surface area contributed by atoms with Crippen LogP contribution in [0.4, 0.5) is 4.79 Å². The number of urea groups is 1. The lowest BCUT2D eigenvalue weighted by molar-refractivity contribution is 0.0679. The lowest BCUT2D eigenvalue weighted by Crippen LogP contribution is -2.62. The molecule has 24 heavy (non-hydrogen) atoms. The minimum atomic E-state index is 0.139. The second-order valence-electron chi connectivity index (χ2n) is 7.78. The zero-order valence-electron chi connectivity index (χ0n) is 14.5. The van der Waals surface area contributed by atoms with Gasteiger partial charge in [0.15, 0.2) is 0 Å². The number of carbonyl (C=O) groups excluding carboxylic acids is 1. The van der Waals surface area contributed by atoms with Crippen molar-refractivity contribution in [1.82, 2.24) is 20.4 Å². The number of carbonyl (C=O) groups is 1. The molecule has 5 nitrogen and oxygen atoms in total. The molecule has 130 valence electrons. The minimum Gasteiger partial charge on any atom is -0.335 e. The van der Waals surface area contributed by atoms with Crippen molar-refractivity contribution >= 4 is 6.03 Å². The topological polar surface area (TPSA) is 47.6 Å². The van der Waals surface area contributed by atoms with E-state index in [1.807, 2.05) is 11.0 Å². The van der Waals surface area contributed by atoms with Crippen LogP contribution in [0.3, 0.4) is 0 Å². The highest BCUT2D eigenvalue weighted by Crippen LogP contribution is 2.52. The molecule has 0 aromatic heterocycles. The molecule has 5 heteroatoms. The molecule has 1 spiro atoms. The van der Waals surface area contributed by atoms with Crippen molar-refractivity contribution in [2.24, 2.45) is 5.41 Å². The highest BCUT2D eigenvalue weighted by Gasteiger charge is 2.55. The number of amides is 2. The number of nitrogens with zero attached hydrogens (tertiary/aromatic N) is 2. The smallest absolute Gasteiger partial charge is 0.317 e. The van der Waals surface area contributed by atoms with Gasteiger partial charge >= 0.3 is 6.03 Å². The quantitative estimate of drug-likeness (QED) is 0.884. The summed E-state index contributed by atoms with van der Waals surface area (Å²) >= 11 is 0. The maximum Gasteiger partial charge on any atom is 0.317 e. The molecule has 2 heterocycles. The van der Waals surface area contributed by atoms with Gasteiger partial charge in [0.1, 0.15) is 0 Å². The number of likely N-dealkylation sites (tertiary alicyclic amines) is 1. The van der Waals surface area contributed by atoms with Crippen LogP contribution in [0.2, 0.25) is 0 Å². The highest BCUT2D eigenvalue weighted by molar-refractivity contribution is 5.76. The third-order valence-electron chi connectivity index (χ3n) is 6.13. The van der Waals surface area contributed by atoms with E-state index >= 15 is 0 Å². The molecule has 1 aliphatic carbocycles. The van der Waals surface area contributed by atoms with Gasteiger partial charge in [0.2, 0.25) is 0 Å². The van der Waals surface area contributed by atoms with Gasteiger partial charge in [0, 0.05) is 31.7 Å². The lowest BCUT2D eigenvalue weighted by Gasteiger charge is -2.44. The molecule has 0 bridgehead atoms. The largest absolute Gasteiger partial charge is 0.335 e. The van der Waals surface area contributed by atoms with E-state index in [9.17, 15) is 4.79 Å². The van der Waals surface area contributed by atoms with Crippen molar-refractivity contribution in [1.29, 1.82) is 0 Å². The first-order valence-electron chi connectivity index (χ1n) is 9.17. The fraction of sp³-hybridized carbons (Fsp3) is 0.632. The zero-order valence-corrected chi connectivity index (χ0v) is 14.5. The first-order valence-corrected chi connectivity index (χ1v) is 9.17. The fourth-order valence-corrected chi connectivity index (χ4v) is 4.17. The van der Waals surface area contributed by atoms with Crippen LogP contribution in [0.25, 0.3) is 0 Å². The highest BCUT2D eigenvalue weighted by atomic mass is 16.2. The number of piperidine rings is 1. The molecule has 2 amide bonds. The monoisotopic (exact) mass is 328 g/mol. The Labute approximate surface area is 144 Å². The maximum absolute atomic E-state index is 12.4. The molecule has 1 unspecified atom stereocenters. The molecule has 1 saturated carbocycles. The van der Waals surface area contributed by atoms with Crippen LogP contribution in [-0.4, -0.2) is 61.1 Å². The van der Waals surface area contributed by atoms with Gasteiger partial charge < -0.3 is 15.5 Å². The van der Waals surface area contributed by atoms with Crippen LogP contribution in [0.15, 0.2) is 30.3 Å². The van der Waals surface area contributed by atoms with Crippen molar-refractivity contribution in [3.05, 3.63) is 35.9 Å². The summed E-state index contributed by atoms with van der Waals surface area (Å²) in [5.74, 6) is 0. The Bertz CT molecular complexity index is 578. The van der Waals surface area contributed by atoms with Gasteiger partial charge in [0.05, 0.1) is 0 Å². The third-order valence-corrected chi connectivity index (χ3v) is 6.13. The second kappa shape index (κ2) is 6.37. The molecule has 1 aromatic carbocycles. The van der Waals surface area contributed by atoms with Crippen LogP contribution in [0, 0.1) is 5.41 Å². The van der Waals surface area contributed by atoms with Crippen LogP contribution < -0.4 is 10.6 Å². The van der Waals surface area contributed by atoms with E-state index in [0.29, 0.717) is 17.5 Å². The molecule has 4 rings (SSSR count). The maximum atomic E-state index is 12.4. The Morgan fingerprint density at radius 3 is 2.71 bits per heavy atom. The average Bonchev–Trinajstić information content (AvgIpc) is 3.18. The van der Waals surface area contributed by atoms with Gasteiger partial charge in [-0.05, 0) is 50.4 Å². The predicted molar refractivity (Wildman–Crippen MR) is 94.7 cm³/mol. The summed E-state index contributed by atoms with van der Waals surface area (Å²) in [6.45, 7) is 4.83. The normalized spacial score (nSPS) is 25.6. The van der Waals surface area contributed by atoms with E-state index in [2.05, 4.69) is 46.8 Å². The van der Waals surface area contributed by atoms with E-state index in [-0.39, 0.29) is 6.03 Å². The van der Waals surface area contributed by atoms with Gasteiger partial charge in [-0.3, -0.25) is 4.90 Å². The Morgan fingerprint density at radius 1 is 1.29 bits per heavy atom. The van der Waals surface area contributed by atoms with Gasteiger partial charge in [-0.15, -0.1) is 0 Å². The SMILES string of the molecule is CN(Cc1ccccc1)C1CN(C(=O)NC2CC23CCNCC3)C1. The number of nitrogens with one attached hydrogen (secondary N) is 2. The van der Waals surface area contributed by atoms with Gasteiger partial charge in [0.25, 0.3) is 0 Å². The number of hydrogen-bond donors (Lipinski definition) is 2. The zero-order chi connectivity index (χ0) is 16.6. The van der Waals surface area contributed by atoms with Gasteiger partial charge in [-0.25, -0.2) is 4.79 Å². The molecular weight excluding hydrogens is 300 g/mol. The Balaban J connectivity index is 1.20. The van der Waals surface area contributed by atoms with Crippen LogP contribution in [0.1, 0.15) is 24.8 Å². The lowest BCUT2D eigenvalue weighted by atomic mass is 9.94. The molecule has 3 aliphatic rings. The Kier molecular flexibility index (Phi) is 4.22. The molecule has 2 N–H and O–H groups in total. The van der Waals surface area contributed by atoms with Crippen molar-refractivity contribution in [2.45, 2.75) is 37.9 Å². The second-order valence-corrected chi connectivity index (χ2v) is 7.78. The van der Waals surface area contributed by atoms with E-state index in [4.69, 9.17) is 0 Å². The molecule has 3 fully saturated rings. The average molecular weight is 328 g/mol. The summed E-state index contributed by atoms with van der Waals surface area (Å²) < 4.78 is 0. The molecule has 2 saturated heterocycles. The first kappa shape index (κ1) is 15.9. The fourth-order valence-electron chi connectivity index (χ4n) is 4.17. The van der Waals surface area contributed by atoms with E-state index in [1.165, 1.54) is 24.8 Å². The van der Waals surface area contributed by atoms with Crippen LogP contribution >= 0.6 is 0 Å². The van der Waals surface area contributed by atoms with E-state index in [1.54, 1.807) is 0 Å². The summed E-state index contributed by atoms with van der Waals surface area (Å²) in [4.78, 5) is 16.7. The van der Waals surface area contributed by atoms with E-state index in [0.717, 1.165) is 32.7 Å². The summed E-state index contributed by atoms with van der Waals surface area (Å²) in [5.41, 5.74) is 1.74. The number of likely N-dealkylation sites (N-methyl/N-ethyl adjacent to an activating group) is 1. The Hall–Kier alpha value is -1.59. The summed E-state index contributed by atoms with van der Waals surface area (Å²) in [6.07, 6.45) is 3.59. The number of hydrogen-bond acceptors (Lipinski definition) is 3.